The average molecular weight is 219 g/mol. The zero-order valence-corrected chi connectivity index (χ0v) is 8.88. The fourth-order valence-corrected chi connectivity index (χ4v) is 2.47. The first-order valence-corrected chi connectivity index (χ1v) is 5.49. The van der Waals surface area contributed by atoms with E-state index in [1.54, 1.807) is 0 Å². The standard InChI is InChI=1S/C11H13N3O2/c12-11(15)14-9-6-2-1-3-8(6)13-10-7(9)4-5-16-10/h1-5H2,(H3,12,13,14,15). The number of urea groups is 1. The Hall–Kier alpha value is -1.78. The smallest absolute Gasteiger partial charge is 0.316 e. The second kappa shape index (κ2) is 3.37. The molecule has 0 saturated carbocycles. The first kappa shape index (κ1) is 9.45. The lowest BCUT2D eigenvalue weighted by molar-refractivity contribution is 0.259. The highest BCUT2D eigenvalue weighted by atomic mass is 16.5. The van der Waals surface area contributed by atoms with Gasteiger partial charge in [-0.2, -0.15) is 0 Å². The van der Waals surface area contributed by atoms with Crippen LogP contribution in [0.2, 0.25) is 0 Å². The molecule has 2 heterocycles. The van der Waals surface area contributed by atoms with E-state index in [2.05, 4.69) is 10.3 Å². The van der Waals surface area contributed by atoms with Crippen molar-refractivity contribution in [1.82, 2.24) is 4.98 Å². The highest BCUT2D eigenvalue weighted by Crippen LogP contribution is 2.38. The van der Waals surface area contributed by atoms with Crippen molar-refractivity contribution in [2.75, 3.05) is 11.9 Å². The molecular weight excluding hydrogens is 206 g/mol. The number of aryl methyl sites for hydroxylation is 1. The molecule has 1 aromatic rings. The van der Waals surface area contributed by atoms with Crippen LogP contribution in [0.1, 0.15) is 23.2 Å². The maximum absolute atomic E-state index is 11.0. The van der Waals surface area contributed by atoms with Crippen LogP contribution >= 0.6 is 0 Å². The second-order valence-electron chi connectivity index (χ2n) is 4.14. The third-order valence-corrected chi connectivity index (χ3v) is 3.13. The van der Waals surface area contributed by atoms with Gasteiger partial charge in [-0.15, -0.1) is 0 Å². The van der Waals surface area contributed by atoms with Crippen LogP contribution in [0.15, 0.2) is 0 Å². The van der Waals surface area contributed by atoms with Crippen LogP contribution in [0.4, 0.5) is 10.5 Å². The summed E-state index contributed by atoms with van der Waals surface area (Å²) >= 11 is 0. The lowest BCUT2D eigenvalue weighted by atomic mass is 10.1. The van der Waals surface area contributed by atoms with Crippen molar-refractivity contribution in [2.24, 2.45) is 5.73 Å². The summed E-state index contributed by atoms with van der Waals surface area (Å²) in [4.78, 5) is 15.5. The first-order chi connectivity index (χ1) is 7.75. The molecule has 0 unspecified atom stereocenters. The molecule has 5 nitrogen and oxygen atoms in total. The predicted molar refractivity (Wildman–Crippen MR) is 58.7 cm³/mol. The number of nitrogens with zero attached hydrogens (tertiary/aromatic N) is 1. The molecular formula is C11H13N3O2. The monoisotopic (exact) mass is 219 g/mol. The molecule has 16 heavy (non-hydrogen) atoms. The zero-order valence-electron chi connectivity index (χ0n) is 8.88. The molecule has 0 spiro atoms. The van der Waals surface area contributed by atoms with Gasteiger partial charge in [-0.1, -0.05) is 0 Å². The zero-order chi connectivity index (χ0) is 11.1. The molecule has 0 bridgehead atoms. The largest absolute Gasteiger partial charge is 0.477 e. The number of hydrogen-bond donors (Lipinski definition) is 2. The van der Waals surface area contributed by atoms with E-state index in [0.717, 1.165) is 48.2 Å². The Morgan fingerprint density at radius 1 is 1.31 bits per heavy atom. The summed E-state index contributed by atoms with van der Waals surface area (Å²) in [7, 11) is 0. The number of carbonyl (C=O) groups excluding carboxylic acids is 1. The number of hydrogen-bond acceptors (Lipinski definition) is 3. The Balaban J connectivity index is 2.15. The predicted octanol–water partition coefficient (Wildman–Crippen LogP) is 0.996. The van der Waals surface area contributed by atoms with Crippen LogP contribution in [0.25, 0.3) is 0 Å². The maximum Gasteiger partial charge on any atom is 0.316 e. The minimum atomic E-state index is -0.519. The summed E-state index contributed by atoms with van der Waals surface area (Å²) < 4.78 is 5.44. The van der Waals surface area contributed by atoms with Crippen molar-refractivity contribution < 1.29 is 9.53 Å². The van der Waals surface area contributed by atoms with Gasteiger partial charge in [-0.05, 0) is 24.8 Å². The molecule has 3 rings (SSSR count). The van der Waals surface area contributed by atoms with Gasteiger partial charge in [-0.25, -0.2) is 9.78 Å². The van der Waals surface area contributed by atoms with Gasteiger partial charge in [0.2, 0.25) is 5.88 Å². The van der Waals surface area contributed by atoms with E-state index < -0.39 is 6.03 Å². The SMILES string of the molecule is NC(=O)Nc1c2c(nc3c1CCO3)CCC2. The van der Waals surface area contributed by atoms with Gasteiger partial charge >= 0.3 is 6.03 Å². The Kier molecular flexibility index (Phi) is 1.99. The molecule has 5 heteroatoms. The Morgan fingerprint density at radius 2 is 2.19 bits per heavy atom. The van der Waals surface area contributed by atoms with Crippen LogP contribution in [-0.4, -0.2) is 17.6 Å². The lowest BCUT2D eigenvalue weighted by Crippen LogP contribution is -2.21. The average Bonchev–Trinajstić information content (AvgIpc) is 2.83. The van der Waals surface area contributed by atoms with Crippen molar-refractivity contribution in [3.05, 3.63) is 16.8 Å². The van der Waals surface area contributed by atoms with Gasteiger partial charge in [0.15, 0.2) is 0 Å². The van der Waals surface area contributed by atoms with Gasteiger partial charge in [-0.3, -0.25) is 0 Å². The van der Waals surface area contributed by atoms with Crippen LogP contribution in [0.5, 0.6) is 5.88 Å². The van der Waals surface area contributed by atoms with E-state index in [1.807, 2.05) is 0 Å². The van der Waals surface area contributed by atoms with Crippen molar-refractivity contribution >= 4 is 11.7 Å². The Bertz CT molecular complexity index is 439. The summed E-state index contributed by atoms with van der Waals surface area (Å²) in [5.41, 5.74) is 9.24. The fraction of sp³-hybridized carbons (Fsp3) is 0.455. The summed E-state index contributed by atoms with van der Waals surface area (Å²) in [6.07, 6.45) is 3.80. The molecule has 84 valence electrons. The highest BCUT2D eigenvalue weighted by Gasteiger charge is 2.27. The molecule has 0 radical (unpaired) electrons. The van der Waals surface area contributed by atoms with Crippen molar-refractivity contribution in [3.63, 3.8) is 0 Å². The summed E-state index contributed by atoms with van der Waals surface area (Å²) in [5.74, 6) is 0.671. The summed E-state index contributed by atoms with van der Waals surface area (Å²) in [5, 5.41) is 2.72. The molecule has 1 aliphatic carbocycles. The fourth-order valence-electron chi connectivity index (χ4n) is 2.47. The number of nitrogens with one attached hydrogen (secondary N) is 1. The van der Waals surface area contributed by atoms with Gasteiger partial charge < -0.3 is 15.8 Å². The quantitative estimate of drug-likeness (QED) is 0.739. The van der Waals surface area contributed by atoms with Crippen LogP contribution in [0, 0.1) is 0 Å². The van der Waals surface area contributed by atoms with Gasteiger partial charge in [0.05, 0.1) is 12.3 Å². The normalized spacial score (nSPS) is 16.5. The van der Waals surface area contributed by atoms with Gasteiger partial charge in [0.25, 0.3) is 0 Å². The van der Waals surface area contributed by atoms with Crippen LogP contribution in [0.3, 0.4) is 0 Å². The Labute approximate surface area is 93.0 Å². The van der Waals surface area contributed by atoms with Crippen LogP contribution < -0.4 is 15.8 Å². The number of pyridine rings is 1. The number of amides is 2. The number of ether oxygens (including phenoxy) is 1. The molecule has 2 amide bonds. The van der Waals surface area contributed by atoms with E-state index in [1.165, 1.54) is 0 Å². The molecule has 1 aliphatic heterocycles. The van der Waals surface area contributed by atoms with E-state index in [9.17, 15) is 4.79 Å². The highest BCUT2D eigenvalue weighted by molar-refractivity contribution is 5.90. The number of primary amides is 1. The molecule has 0 saturated heterocycles. The van der Waals surface area contributed by atoms with Gasteiger partial charge in [0, 0.05) is 17.7 Å². The second-order valence-corrected chi connectivity index (χ2v) is 4.14. The minimum absolute atomic E-state index is 0.519. The third kappa shape index (κ3) is 1.31. The number of rotatable bonds is 1. The van der Waals surface area contributed by atoms with E-state index in [4.69, 9.17) is 10.5 Å². The number of nitrogens with two attached hydrogens (primary N) is 1. The summed E-state index contributed by atoms with van der Waals surface area (Å²) in [6, 6.07) is -0.519. The van der Waals surface area contributed by atoms with E-state index >= 15 is 0 Å². The molecule has 2 aliphatic rings. The van der Waals surface area contributed by atoms with Crippen molar-refractivity contribution in [1.29, 1.82) is 0 Å². The van der Waals surface area contributed by atoms with Crippen molar-refractivity contribution in [2.45, 2.75) is 25.7 Å². The number of carbonyl (C=O) groups is 1. The van der Waals surface area contributed by atoms with Crippen molar-refractivity contribution in [3.8, 4) is 5.88 Å². The molecule has 0 fully saturated rings. The number of anilines is 1. The van der Waals surface area contributed by atoms with Crippen LogP contribution in [-0.2, 0) is 19.3 Å². The molecule has 0 aromatic carbocycles. The number of aromatic nitrogens is 1. The van der Waals surface area contributed by atoms with Gasteiger partial charge in [0.1, 0.15) is 0 Å². The molecule has 1 aromatic heterocycles. The third-order valence-electron chi connectivity index (χ3n) is 3.13. The van der Waals surface area contributed by atoms with E-state index in [0.29, 0.717) is 12.5 Å². The van der Waals surface area contributed by atoms with E-state index in [-0.39, 0.29) is 0 Å². The molecule has 3 N–H and O–H groups in total. The lowest BCUT2D eigenvalue weighted by Gasteiger charge is -2.12. The molecule has 0 atom stereocenters. The first-order valence-electron chi connectivity index (χ1n) is 5.49. The topological polar surface area (TPSA) is 77.2 Å². The Morgan fingerprint density at radius 3 is 3.00 bits per heavy atom. The maximum atomic E-state index is 11.0. The minimum Gasteiger partial charge on any atom is -0.477 e. The number of fused-ring (bicyclic) bond motifs is 2. The summed E-state index contributed by atoms with van der Waals surface area (Å²) in [6.45, 7) is 0.638.